The molecule has 3 aliphatic carbocycles. The molecule has 182 valence electrons. The van der Waals surface area contributed by atoms with E-state index in [9.17, 15) is 14.0 Å². The van der Waals surface area contributed by atoms with Gasteiger partial charge in [0.15, 0.2) is 5.82 Å². The van der Waals surface area contributed by atoms with Crippen molar-refractivity contribution < 1.29 is 13.6 Å². The number of H-pyrrole nitrogens is 1. The highest BCUT2D eigenvalue weighted by Gasteiger charge is 2.57. The Kier molecular flexibility index (Phi) is 5.10. The van der Waals surface area contributed by atoms with Crippen LogP contribution in [0.25, 0.3) is 11.0 Å². The highest BCUT2D eigenvalue weighted by Crippen LogP contribution is 2.56. The van der Waals surface area contributed by atoms with Crippen LogP contribution < -0.4 is 15.8 Å². The number of aryl methyl sites for hydroxylation is 1. The molecule has 8 nitrogen and oxygen atoms in total. The molecule has 1 amide bonds. The number of benzene rings is 1. The largest absolute Gasteiger partial charge is 0.365 e. The normalized spacial score (nSPS) is 23.6. The summed E-state index contributed by atoms with van der Waals surface area (Å²) >= 11 is 0. The van der Waals surface area contributed by atoms with Crippen molar-refractivity contribution in [2.45, 2.75) is 38.3 Å². The lowest BCUT2D eigenvalue weighted by Gasteiger charge is -2.61. The van der Waals surface area contributed by atoms with Gasteiger partial charge in [0.05, 0.1) is 11.2 Å². The predicted molar refractivity (Wildman–Crippen MR) is 126 cm³/mol. The zero-order chi connectivity index (χ0) is 24.3. The Balaban J connectivity index is 1.10. The number of anilines is 1. The number of amides is 1. The zero-order valence-electron chi connectivity index (χ0n) is 19.4. The molecule has 35 heavy (non-hydrogen) atoms. The Morgan fingerprint density at radius 1 is 1.11 bits per heavy atom. The van der Waals surface area contributed by atoms with Crippen molar-refractivity contribution in [3.8, 4) is 0 Å². The molecule has 10 heteroatoms. The third-order valence-corrected chi connectivity index (χ3v) is 7.64. The van der Waals surface area contributed by atoms with Crippen LogP contribution in [-0.2, 0) is 6.54 Å². The molecule has 1 aliphatic heterocycles. The lowest BCUT2D eigenvalue weighted by Crippen LogP contribution is -2.68. The number of halogens is 2. The van der Waals surface area contributed by atoms with Gasteiger partial charge in [-0.15, -0.1) is 0 Å². The number of fused-ring (bicyclic) bond motifs is 1. The first-order valence-corrected chi connectivity index (χ1v) is 11.9. The van der Waals surface area contributed by atoms with Crippen LogP contribution in [0.5, 0.6) is 0 Å². The summed E-state index contributed by atoms with van der Waals surface area (Å²) in [7, 11) is 0. The third-order valence-electron chi connectivity index (χ3n) is 7.64. The average molecular weight is 481 g/mol. The van der Waals surface area contributed by atoms with E-state index in [0.717, 1.165) is 25.2 Å². The van der Waals surface area contributed by atoms with E-state index in [4.69, 9.17) is 0 Å². The Labute approximate surface area is 200 Å². The molecular formula is C25H26F2N6O2. The van der Waals surface area contributed by atoms with Crippen molar-refractivity contribution in [1.82, 2.24) is 25.2 Å². The number of carbonyl (C=O) groups is 1. The quantitative estimate of drug-likeness (QED) is 0.545. The Hall–Kier alpha value is -3.40. The number of rotatable bonds is 5. The number of nitrogens with one attached hydrogen (secondary N) is 2. The number of aromatic amines is 1. The average Bonchev–Trinajstić information content (AvgIpc) is 2.79. The maximum atomic E-state index is 15.0. The highest BCUT2D eigenvalue weighted by atomic mass is 19.1. The smallest absolute Gasteiger partial charge is 0.270 e. The summed E-state index contributed by atoms with van der Waals surface area (Å²) in [5.41, 5.74) is 1.28. The van der Waals surface area contributed by atoms with Crippen LogP contribution in [-0.4, -0.2) is 57.5 Å². The van der Waals surface area contributed by atoms with E-state index < -0.39 is 17.3 Å². The third kappa shape index (κ3) is 3.85. The van der Waals surface area contributed by atoms with E-state index in [1.807, 2.05) is 4.90 Å². The molecule has 3 saturated carbocycles. The molecule has 0 spiro atoms. The number of nitrogens with zero attached hydrogens (tertiary/aromatic N) is 4. The molecule has 1 aromatic carbocycles. The first-order chi connectivity index (χ1) is 16.8. The van der Waals surface area contributed by atoms with Gasteiger partial charge in [-0.2, -0.15) is 4.39 Å². The molecule has 1 saturated heterocycles. The van der Waals surface area contributed by atoms with Gasteiger partial charge < -0.3 is 15.2 Å². The standard InChI is InChI=1S/C25H26F2N6O2/c1-14-23(34)30-21-17(28-14)3-2-16(20(21)26)13-32-6-8-33(9-7-32)19-5-4-18(29-22(19)27)24(35)31-25-10-15(11-25)12-25/h2-5,15H,6-13H2,1H3,(H,30,34)(H,31,35). The number of hydrogen-bond donors (Lipinski definition) is 2. The van der Waals surface area contributed by atoms with Gasteiger partial charge in [0.25, 0.3) is 11.5 Å². The fourth-order valence-corrected chi connectivity index (χ4v) is 5.49. The summed E-state index contributed by atoms with van der Waals surface area (Å²) in [5, 5.41) is 3.01. The van der Waals surface area contributed by atoms with E-state index in [2.05, 4.69) is 25.2 Å². The SMILES string of the molecule is Cc1nc2ccc(CN3CCN(c4ccc(C(=O)NC56CC(C5)C6)nc4F)CC3)c(F)c2[nH]c1=O. The minimum absolute atomic E-state index is 0.0792. The van der Waals surface area contributed by atoms with E-state index in [1.165, 1.54) is 0 Å². The Morgan fingerprint density at radius 3 is 2.51 bits per heavy atom. The first kappa shape index (κ1) is 22.1. The minimum Gasteiger partial charge on any atom is -0.365 e. The Bertz CT molecular complexity index is 1380. The van der Waals surface area contributed by atoms with Gasteiger partial charge in [0, 0.05) is 43.8 Å². The van der Waals surface area contributed by atoms with Crippen molar-refractivity contribution in [3.05, 3.63) is 63.3 Å². The number of aromatic nitrogens is 3. The molecule has 0 atom stereocenters. The molecule has 4 fully saturated rings. The maximum Gasteiger partial charge on any atom is 0.270 e. The second kappa shape index (κ2) is 8.08. The topological polar surface area (TPSA) is 94.2 Å². The lowest BCUT2D eigenvalue weighted by atomic mass is 9.50. The molecule has 0 unspecified atom stereocenters. The minimum atomic E-state index is -0.656. The number of pyridine rings is 1. The lowest BCUT2D eigenvalue weighted by molar-refractivity contribution is -0.0439. The Morgan fingerprint density at radius 2 is 1.86 bits per heavy atom. The van der Waals surface area contributed by atoms with Crippen LogP contribution in [0.15, 0.2) is 29.1 Å². The second-order valence-corrected chi connectivity index (χ2v) is 10.1. The molecular weight excluding hydrogens is 454 g/mol. The highest BCUT2D eigenvalue weighted by molar-refractivity contribution is 5.93. The van der Waals surface area contributed by atoms with Crippen LogP contribution in [0.1, 0.15) is 41.0 Å². The van der Waals surface area contributed by atoms with Crippen molar-refractivity contribution in [2.24, 2.45) is 5.92 Å². The summed E-state index contributed by atoms with van der Waals surface area (Å²) < 4.78 is 29.8. The summed E-state index contributed by atoms with van der Waals surface area (Å²) in [6, 6.07) is 6.59. The fraction of sp³-hybridized carbons (Fsp3) is 0.440. The van der Waals surface area contributed by atoms with E-state index in [1.54, 1.807) is 31.2 Å². The second-order valence-electron chi connectivity index (χ2n) is 10.1. The monoisotopic (exact) mass is 480 g/mol. The van der Waals surface area contributed by atoms with Gasteiger partial charge in [-0.05, 0) is 50.3 Å². The van der Waals surface area contributed by atoms with Gasteiger partial charge >= 0.3 is 0 Å². The van der Waals surface area contributed by atoms with E-state index >= 15 is 4.39 Å². The van der Waals surface area contributed by atoms with Crippen molar-refractivity contribution in [2.75, 3.05) is 31.1 Å². The molecule has 7 rings (SSSR count). The molecule has 2 aromatic heterocycles. The van der Waals surface area contributed by atoms with Crippen molar-refractivity contribution >= 4 is 22.6 Å². The van der Waals surface area contributed by atoms with Crippen molar-refractivity contribution in [1.29, 1.82) is 0 Å². The predicted octanol–water partition coefficient (Wildman–Crippen LogP) is 2.51. The van der Waals surface area contributed by atoms with E-state index in [-0.39, 0.29) is 22.7 Å². The molecule has 3 heterocycles. The van der Waals surface area contributed by atoms with Gasteiger partial charge in [0.1, 0.15) is 16.9 Å². The summed E-state index contributed by atoms with van der Waals surface area (Å²) in [4.78, 5) is 39.0. The van der Waals surface area contributed by atoms with Crippen LogP contribution in [0, 0.1) is 24.6 Å². The number of hydrogen-bond acceptors (Lipinski definition) is 6. The molecule has 3 aromatic rings. The fourth-order valence-electron chi connectivity index (χ4n) is 5.49. The molecule has 2 N–H and O–H groups in total. The van der Waals surface area contributed by atoms with E-state index in [0.29, 0.717) is 55.2 Å². The van der Waals surface area contributed by atoms with Crippen molar-refractivity contribution in [3.63, 3.8) is 0 Å². The summed E-state index contributed by atoms with van der Waals surface area (Å²) in [6.45, 7) is 4.25. The van der Waals surface area contributed by atoms with Gasteiger partial charge in [-0.3, -0.25) is 14.5 Å². The molecule has 0 radical (unpaired) electrons. The molecule has 2 bridgehead atoms. The van der Waals surface area contributed by atoms with Crippen LogP contribution >= 0.6 is 0 Å². The van der Waals surface area contributed by atoms with Crippen LogP contribution in [0.2, 0.25) is 0 Å². The van der Waals surface area contributed by atoms with Crippen LogP contribution in [0.4, 0.5) is 14.5 Å². The van der Waals surface area contributed by atoms with Gasteiger partial charge in [-0.1, -0.05) is 6.07 Å². The van der Waals surface area contributed by atoms with Gasteiger partial charge in [0.2, 0.25) is 5.95 Å². The molecule has 4 aliphatic rings. The summed E-state index contributed by atoms with van der Waals surface area (Å²) in [5.74, 6) is -0.708. The number of piperazine rings is 1. The summed E-state index contributed by atoms with van der Waals surface area (Å²) in [6.07, 6.45) is 3.05. The number of carbonyl (C=O) groups excluding carboxylic acids is 1. The van der Waals surface area contributed by atoms with Gasteiger partial charge in [-0.25, -0.2) is 14.4 Å². The first-order valence-electron chi connectivity index (χ1n) is 11.9. The van der Waals surface area contributed by atoms with Crippen LogP contribution in [0.3, 0.4) is 0 Å². The maximum absolute atomic E-state index is 15.0. The zero-order valence-corrected chi connectivity index (χ0v) is 19.4.